The summed E-state index contributed by atoms with van der Waals surface area (Å²) >= 11 is 6.06. The van der Waals surface area contributed by atoms with Crippen molar-refractivity contribution in [3.8, 4) is 17.0 Å². The van der Waals surface area contributed by atoms with Crippen LogP contribution in [0.5, 0.6) is 5.75 Å². The van der Waals surface area contributed by atoms with Crippen LogP contribution in [-0.2, 0) is 0 Å². The van der Waals surface area contributed by atoms with Crippen molar-refractivity contribution >= 4 is 67.5 Å². The van der Waals surface area contributed by atoms with Crippen molar-refractivity contribution < 1.29 is 18.7 Å². The molecule has 0 fully saturated rings. The van der Waals surface area contributed by atoms with Crippen LogP contribution in [0.25, 0.3) is 44.0 Å². The molecule has 2 N–H and O–H groups in total. The number of methoxy groups -OCH3 is 1. The Morgan fingerprint density at radius 2 is 1.57 bits per heavy atom. The highest BCUT2D eigenvalue weighted by molar-refractivity contribution is 6.31. The molecule has 8 nitrogen and oxygen atoms in total. The molecule has 0 saturated heterocycles. The normalized spacial score (nSPS) is 11.1. The largest absolute Gasteiger partial charge is 0.494 e. The Bertz CT molecular complexity index is 2330. The van der Waals surface area contributed by atoms with Crippen molar-refractivity contribution in [2.45, 2.75) is 0 Å². The standard InChI is InChI=1S/C36H23ClFN5O3/c1-46-32-18-30-25(34(40-19-39-30)21-11-13-27(38)26(37)16-21)17-31(32)43-35(44)23-12-14-29-24(15-20-7-5-6-10-28(20)42-29)33(23)36(45)41-22-8-3-2-4-9-22/h2-19H,1H3,(H,41,45)(H,43,44). The Labute approximate surface area is 266 Å². The Morgan fingerprint density at radius 3 is 2.37 bits per heavy atom. The van der Waals surface area contributed by atoms with Gasteiger partial charge in [0.05, 0.1) is 51.2 Å². The number of para-hydroxylation sites is 2. The molecule has 0 aliphatic carbocycles. The average Bonchev–Trinajstić information content (AvgIpc) is 3.07. The van der Waals surface area contributed by atoms with Crippen LogP contribution in [0.2, 0.25) is 5.02 Å². The van der Waals surface area contributed by atoms with Crippen LogP contribution in [0.4, 0.5) is 15.8 Å². The van der Waals surface area contributed by atoms with E-state index in [0.29, 0.717) is 50.2 Å². The Kier molecular flexibility index (Phi) is 7.44. The summed E-state index contributed by atoms with van der Waals surface area (Å²) in [7, 11) is 1.48. The van der Waals surface area contributed by atoms with Gasteiger partial charge < -0.3 is 15.4 Å². The van der Waals surface area contributed by atoms with Crippen molar-refractivity contribution in [3.05, 3.63) is 131 Å². The predicted molar refractivity (Wildman–Crippen MR) is 178 cm³/mol. The molecule has 0 aliphatic rings. The molecular formula is C36H23ClFN5O3. The van der Waals surface area contributed by atoms with Crippen LogP contribution in [0.1, 0.15) is 20.7 Å². The van der Waals surface area contributed by atoms with Gasteiger partial charge in [0.2, 0.25) is 0 Å². The maximum absolute atomic E-state index is 14.1. The minimum atomic E-state index is -0.552. The molecule has 5 aromatic carbocycles. The Balaban J connectivity index is 1.35. The van der Waals surface area contributed by atoms with Crippen LogP contribution in [0.15, 0.2) is 109 Å². The third-order valence-electron chi connectivity index (χ3n) is 7.60. The van der Waals surface area contributed by atoms with Crippen LogP contribution in [0, 0.1) is 5.82 Å². The SMILES string of the molecule is COc1cc2ncnc(-c3ccc(F)c(Cl)c3)c2cc1NC(=O)c1ccc2nc3ccccc3cc2c1C(=O)Nc1ccccc1. The van der Waals surface area contributed by atoms with Crippen molar-refractivity contribution in [1.29, 1.82) is 0 Å². The van der Waals surface area contributed by atoms with Gasteiger partial charge in [0.15, 0.2) is 0 Å². The maximum Gasteiger partial charge on any atom is 0.257 e. The molecule has 2 amide bonds. The van der Waals surface area contributed by atoms with E-state index in [1.807, 2.05) is 48.5 Å². The van der Waals surface area contributed by atoms with Gasteiger partial charge in [-0.2, -0.15) is 0 Å². The number of amides is 2. The highest BCUT2D eigenvalue weighted by Crippen LogP contribution is 2.36. The number of nitrogens with zero attached hydrogens (tertiary/aromatic N) is 3. The number of rotatable bonds is 6. The number of carbonyl (C=O) groups excluding carboxylic acids is 2. The number of aromatic nitrogens is 3. The summed E-state index contributed by atoms with van der Waals surface area (Å²) in [5.41, 5.74) is 4.11. The Morgan fingerprint density at radius 1 is 0.761 bits per heavy atom. The molecule has 0 saturated carbocycles. The molecule has 0 aliphatic heterocycles. The number of hydrogen-bond acceptors (Lipinski definition) is 6. The summed E-state index contributed by atoms with van der Waals surface area (Å²) in [5.74, 6) is -1.22. The molecule has 224 valence electrons. The second-order valence-electron chi connectivity index (χ2n) is 10.4. The first kappa shape index (κ1) is 28.8. The molecule has 46 heavy (non-hydrogen) atoms. The van der Waals surface area contributed by atoms with Crippen LogP contribution >= 0.6 is 11.6 Å². The van der Waals surface area contributed by atoms with Crippen molar-refractivity contribution in [3.63, 3.8) is 0 Å². The van der Waals surface area contributed by atoms with E-state index < -0.39 is 17.6 Å². The van der Waals surface area contributed by atoms with Crippen LogP contribution in [0.3, 0.4) is 0 Å². The van der Waals surface area contributed by atoms with Gasteiger partial charge in [0, 0.05) is 33.5 Å². The molecular weight excluding hydrogens is 605 g/mol. The number of nitrogens with one attached hydrogen (secondary N) is 2. The second kappa shape index (κ2) is 11.9. The smallest absolute Gasteiger partial charge is 0.257 e. The lowest BCUT2D eigenvalue weighted by molar-refractivity contribution is 0.0991. The van der Waals surface area contributed by atoms with Gasteiger partial charge in [-0.1, -0.05) is 48.0 Å². The third kappa shape index (κ3) is 5.33. The summed E-state index contributed by atoms with van der Waals surface area (Å²) in [5, 5.41) is 7.70. The van der Waals surface area contributed by atoms with E-state index in [1.54, 1.807) is 42.5 Å². The fourth-order valence-corrected chi connectivity index (χ4v) is 5.59. The molecule has 0 spiro atoms. The van der Waals surface area contributed by atoms with Gasteiger partial charge in [0.25, 0.3) is 11.8 Å². The third-order valence-corrected chi connectivity index (χ3v) is 7.89. The minimum Gasteiger partial charge on any atom is -0.494 e. The molecule has 10 heteroatoms. The first-order chi connectivity index (χ1) is 22.4. The first-order valence-electron chi connectivity index (χ1n) is 14.2. The van der Waals surface area contributed by atoms with E-state index in [1.165, 1.54) is 25.6 Å². The number of halogens is 2. The van der Waals surface area contributed by atoms with Gasteiger partial charge in [-0.3, -0.25) is 9.59 Å². The van der Waals surface area contributed by atoms with Crippen LogP contribution < -0.4 is 15.4 Å². The molecule has 2 heterocycles. The summed E-state index contributed by atoms with van der Waals surface area (Å²) in [6.07, 6.45) is 1.39. The second-order valence-corrected chi connectivity index (χ2v) is 10.8. The molecule has 0 unspecified atom stereocenters. The van der Waals surface area contributed by atoms with Gasteiger partial charge in [-0.25, -0.2) is 19.3 Å². The number of hydrogen-bond donors (Lipinski definition) is 2. The van der Waals surface area contributed by atoms with Crippen molar-refractivity contribution in [2.75, 3.05) is 17.7 Å². The van der Waals surface area contributed by atoms with Crippen LogP contribution in [-0.4, -0.2) is 33.9 Å². The van der Waals surface area contributed by atoms with Gasteiger partial charge in [-0.15, -0.1) is 0 Å². The predicted octanol–water partition coefficient (Wildman–Crippen LogP) is 8.30. The lowest BCUT2D eigenvalue weighted by Crippen LogP contribution is -2.21. The summed E-state index contributed by atoms with van der Waals surface area (Å²) in [4.78, 5) is 41.5. The zero-order valence-corrected chi connectivity index (χ0v) is 25.0. The molecule has 7 rings (SSSR count). The van der Waals surface area contributed by atoms with Crippen molar-refractivity contribution in [2.24, 2.45) is 0 Å². The maximum atomic E-state index is 14.1. The quantitative estimate of drug-likeness (QED) is 0.180. The molecule has 7 aromatic rings. The monoisotopic (exact) mass is 627 g/mol. The number of pyridine rings is 1. The van der Waals surface area contributed by atoms with Gasteiger partial charge in [-0.05, 0) is 60.7 Å². The molecule has 2 aromatic heterocycles. The lowest BCUT2D eigenvalue weighted by atomic mass is 9.98. The fourth-order valence-electron chi connectivity index (χ4n) is 5.41. The van der Waals surface area contributed by atoms with E-state index >= 15 is 0 Å². The van der Waals surface area contributed by atoms with E-state index in [9.17, 15) is 14.0 Å². The van der Waals surface area contributed by atoms with Crippen molar-refractivity contribution in [1.82, 2.24) is 15.0 Å². The van der Waals surface area contributed by atoms with Gasteiger partial charge >= 0.3 is 0 Å². The number of fused-ring (bicyclic) bond motifs is 3. The summed E-state index contributed by atoms with van der Waals surface area (Å²) in [6.45, 7) is 0. The average molecular weight is 628 g/mol. The zero-order chi connectivity index (χ0) is 31.8. The molecule has 0 atom stereocenters. The first-order valence-corrected chi connectivity index (χ1v) is 14.6. The summed E-state index contributed by atoms with van der Waals surface area (Å²) in [6, 6.07) is 29.4. The highest BCUT2D eigenvalue weighted by Gasteiger charge is 2.23. The number of anilines is 2. The number of carbonyl (C=O) groups is 2. The van der Waals surface area contributed by atoms with E-state index in [2.05, 4.69) is 20.6 Å². The van der Waals surface area contributed by atoms with E-state index in [4.69, 9.17) is 21.3 Å². The lowest BCUT2D eigenvalue weighted by Gasteiger charge is -2.16. The number of benzene rings is 5. The van der Waals surface area contributed by atoms with Gasteiger partial charge in [0.1, 0.15) is 17.9 Å². The highest BCUT2D eigenvalue weighted by atomic mass is 35.5. The fraction of sp³-hybridized carbons (Fsp3) is 0.0278. The molecule has 0 radical (unpaired) electrons. The Hall–Kier alpha value is -5.93. The molecule has 0 bridgehead atoms. The zero-order valence-electron chi connectivity index (χ0n) is 24.2. The topological polar surface area (TPSA) is 106 Å². The summed E-state index contributed by atoms with van der Waals surface area (Å²) < 4.78 is 19.5. The number of ether oxygens (including phenoxy) is 1. The van der Waals surface area contributed by atoms with E-state index in [-0.39, 0.29) is 16.1 Å². The van der Waals surface area contributed by atoms with E-state index in [0.717, 1.165) is 10.9 Å². The minimum absolute atomic E-state index is 0.0498.